The minimum atomic E-state index is -4.97. The van der Waals surface area contributed by atoms with Gasteiger partial charge in [0.15, 0.2) is 12.2 Å². The van der Waals surface area contributed by atoms with Crippen LogP contribution in [-0.2, 0) is 65.4 Å². The van der Waals surface area contributed by atoms with E-state index in [0.717, 1.165) is 108 Å². The Bertz CT molecular complexity index is 2010. The van der Waals surface area contributed by atoms with Crippen LogP contribution in [0.15, 0.2) is 0 Å². The third-order valence-corrected chi connectivity index (χ3v) is 21.8. The lowest BCUT2D eigenvalue weighted by atomic mass is 10.0. The van der Waals surface area contributed by atoms with E-state index < -0.39 is 97.5 Å². The highest BCUT2D eigenvalue weighted by molar-refractivity contribution is 7.47. The summed E-state index contributed by atoms with van der Waals surface area (Å²) in [5, 5.41) is 10.7. The van der Waals surface area contributed by atoms with Crippen molar-refractivity contribution in [3.63, 3.8) is 0 Å². The minimum Gasteiger partial charge on any atom is -0.462 e. The molecule has 0 spiro atoms. The van der Waals surface area contributed by atoms with Crippen LogP contribution in [0, 0.1) is 17.8 Å². The Balaban J connectivity index is 5.21. The fourth-order valence-electron chi connectivity index (χ4n) is 13.2. The summed E-state index contributed by atoms with van der Waals surface area (Å²) < 4.78 is 68.8. The fourth-order valence-corrected chi connectivity index (χ4v) is 14.8. The van der Waals surface area contributed by atoms with Gasteiger partial charge in [-0.2, -0.15) is 0 Å². The van der Waals surface area contributed by atoms with Crippen LogP contribution in [-0.4, -0.2) is 96.7 Å². The van der Waals surface area contributed by atoms with Gasteiger partial charge in [0, 0.05) is 25.7 Å². The molecule has 0 aliphatic rings. The van der Waals surface area contributed by atoms with Gasteiger partial charge in [-0.3, -0.25) is 37.3 Å². The monoisotopic (exact) mass is 1520 g/mol. The third kappa shape index (κ3) is 78.2. The SMILES string of the molecule is CCCCCCCCCCCCCCCCCCCCC(=O)OC[C@H](COP(=O)(O)OC[C@@H](O)COP(=O)(O)OC[C@@H](COC(=O)CCCCCCCCC(C)C)OC(=O)CCCCCCCCCCCCCCCC(C)C)OC(=O)CCCCCCCCCCCCCCCCCCCCC(C)C. The molecule has 0 aliphatic carbocycles. The largest absolute Gasteiger partial charge is 0.472 e. The molecule has 0 amide bonds. The molecule has 5 atom stereocenters. The van der Waals surface area contributed by atoms with Crippen molar-refractivity contribution in [2.24, 2.45) is 17.8 Å². The van der Waals surface area contributed by atoms with Crippen molar-refractivity contribution in [3.8, 4) is 0 Å². The van der Waals surface area contributed by atoms with Crippen LogP contribution in [0.25, 0.3) is 0 Å². The average molecular weight is 1520 g/mol. The number of rotatable bonds is 83. The molecule has 104 heavy (non-hydrogen) atoms. The maximum atomic E-state index is 13.1. The number of hydrogen-bond donors (Lipinski definition) is 3. The molecule has 618 valence electrons. The molecule has 0 saturated carbocycles. The number of ether oxygens (including phenoxy) is 4. The van der Waals surface area contributed by atoms with Gasteiger partial charge in [0.05, 0.1) is 26.4 Å². The number of unbranched alkanes of at least 4 members (excludes halogenated alkanes) is 51. The first kappa shape index (κ1) is 102. The number of aliphatic hydroxyl groups is 1. The molecule has 0 aromatic carbocycles. The van der Waals surface area contributed by atoms with Crippen molar-refractivity contribution >= 4 is 39.5 Å². The molecule has 0 saturated heterocycles. The van der Waals surface area contributed by atoms with E-state index in [9.17, 15) is 43.2 Å². The van der Waals surface area contributed by atoms with E-state index in [0.29, 0.717) is 31.6 Å². The fraction of sp³-hybridized carbons (Fsp3) is 0.953. The van der Waals surface area contributed by atoms with Crippen LogP contribution in [0.3, 0.4) is 0 Å². The number of phosphoric acid groups is 2. The molecule has 0 rings (SSSR count). The first-order valence-corrected chi connectivity index (χ1v) is 46.8. The summed E-state index contributed by atoms with van der Waals surface area (Å²) in [5.41, 5.74) is 0. The van der Waals surface area contributed by atoms with Gasteiger partial charge in [-0.25, -0.2) is 9.13 Å². The first-order chi connectivity index (χ1) is 50.2. The van der Waals surface area contributed by atoms with E-state index in [1.54, 1.807) is 0 Å². The molecule has 2 unspecified atom stereocenters. The quantitative estimate of drug-likeness (QED) is 0.0222. The molecule has 0 heterocycles. The number of hydrogen-bond acceptors (Lipinski definition) is 15. The molecule has 0 fully saturated rings. The van der Waals surface area contributed by atoms with E-state index in [4.69, 9.17) is 37.0 Å². The lowest BCUT2D eigenvalue weighted by Gasteiger charge is -2.21. The lowest BCUT2D eigenvalue weighted by molar-refractivity contribution is -0.161. The van der Waals surface area contributed by atoms with Gasteiger partial charge < -0.3 is 33.8 Å². The first-order valence-electron chi connectivity index (χ1n) is 43.8. The molecule has 0 aromatic rings. The Kier molecular flexibility index (Phi) is 73.7. The zero-order valence-corrected chi connectivity index (χ0v) is 70.3. The summed E-state index contributed by atoms with van der Waals surface area (Å²) in [4.78, 5) is 73.1. The minimum absolute atomic E-state index is 0.106. The van der Waals surface area contributed by atoms with Gasteiger partial charge >= 0.3 is 39.5 Å². The number of phosphoric ester groups is 2. The highest BCUT2D eigenvalue weighted by atomic mass is 31.2. The highest BCUT2D eigenvalue weighted by Crippen LogP contribution is 2.45. The van der Waals surface area contributed by atoms with Gasteiger partial charge in [0.25, 0.3) is 0 Å². The molecule has 0 bridgehead atoms. The number of carbonyl (C=O) groups excluding carboxylic acids is 4. The smallest absolute Gasteiger partial charge is 0.462 e. The Labute approximate surface area is 638 Å². The van der Waals surface area contributed by atoms with Gasteiger partial charge in [-0.05, 0) is 43.4 Å². The summed E-state index contributed by atoms with van der Waals surface area (Å²) in [6.45, 7) is 11.9. The van der Waals surface area contributed by atoms with E-state index in [1.165, 1.54) is 250 Å². The Morgan fingerprint density at radius 3 is 0.654 bits per heavy atom. The predicted molar refractivity (Wildman–Crippen MR) is 428 cm³/mol. The summed E-state index contributed by atoms with van der Waals surface area (Å²) in [6.07, 6.45) is 65.5. The van der Waals surface area contributed by atoms with Gasteiger partial charge in [-0.1, -0.05) is 395 Å². The second-order valence-corrected chi connectivity index (χ2v) is 34.9. The van der Waals surface area contributed by atoms with Gasteiger partial charge in [0.1, 0.15) is 19.3 Å². The summed E-state index contributed by atoms with van der Waals surface area (Å²) in [5.74, 6) is 0.178. The van der Waals surface area contributed by atoms with E-state index >= 15 is 0 Å². The van der Waals surface area contributed by atoms with Crippen LogP contribution in [0.5, 0.6) is 0 Å². The van der Waals surface area contributed by atoms with Crippen molar-refractivity contribution in [2.45, 2.75) is 465 Å². The maximum absolute atomic E-state index is 13.1. The van der Waals surface area contributed by atoms with Gasteiger partial charge in [-0.15, -0.1) is 0 Å². The third-order valence-electron chi connectivity index (χ3n) is 19.9. The second-order valence-electron chi connectivity index (χ2n) is 32.0. The number of aliphatic hydroxyl groups excluding tert-OH is 1. The van der Waals surface area contributed by atoms with Gasteiger partial charge in [0.2, 0.25) is 0 Å². The van der Waals surface area contributed by atoms with Crippen LogP contribution < -0.4 is 0 Å². The normalized spacial score (nSPS) is 13.9. The summed E-state index contributed by atoms with van der Waals surface area (Å²) in [6, 6.07) is 0. The van der Waals surface area contributed by atoms with Crippen molar-refractivity contribution in [1.82, 2.24) is 0 Å². The lowest BCUT2D eigenvalue weighted by Crippen LogP contribution is -2.30. The zero-order valence-electron chi connectivity index (χ0n) is 68.5. The average Bonchev–Trinajstić information content (AvgIpc) is 0.903. The van der Waals surface area contributed by atoms with Crippen LogP contribution >= 0.6 is 15.6 Å². The Hall–Kier alpha value is -1.94. The van der Waals surface area contributed by atoms with Crippen molar-refractivity contribution < 1.29 is 80.2 Å². The Morgan fingerprint density at radius 2 is 0.442 bits per heavy atom. The second kappa shape index (κ2) is 75.1. The Morgan fingerprint density at radius 1 is 0.260 bits per heavy atom. The van der Waals surface area contributed by atoms with E-state index in [1.807, 2.05) is 0 Å². The topological polar surface area (TPSA) is 237 Å². The molecular weight excluding hydrogens is 1350 g/mol. The molecule has 17 nitrogen and oxygen atoms in total. The maximum Gasteiger partial charge on any atom is 0.472 e. The summed E-state index contributed by atoms with van der Waals surface area (Å²) in [7, 11) is -9.93. The van der Waals surface area contributed by atoms with E-state index in [-0.39, 0.29) is 25.7 Å². The number of carbonyl (C=O) groups is 4. The van der Waals surface area contributed by atoms with Crippen LogP contribution in [0.1, 0.15) is 447 Å². The molecular formula is C85H166O17P2. The molecule has 0 aromatic heterocycles. The van der Waals surface area contributed by atoms with Crippen molar-refractivity contribution in [1.29, 1.82) is 0 Å². The summed E-state index contributed by atoms with van der Waals surface area (Å²) >= 11 is 0. The van der Waals surface area contributed by atoms with Crippen molar-refractivity contribution in [3.05, 3.63) is 0 Å². The standard InChI is InChI=1S/C85H166O17P2/c1-8-9-10-11-12-13-14-15-16-17-21-24-29-34-39-44-52-59-66-82(87)95-72-80(101-84(89)68-61-54-45-40-35-30-25-22-19-18-20-23-27-32-37-42-49-56-63-76(2)3)74-99-103(91,92)97-70-79(86)71-98-104(93,94)100-75-81(73-96-83(88)67-60-53-48-47-51-58-65-78(6)7)102-85(90)69-62-55-46-41-36-31-26-28-33-38-43-50-57-64-77(4)5/h76-81,86H,8-75H2,1-7H3,(H,91,92)(H,93,94)/t79-,80-,81-/m1/s1. The van der Waals surface area contributed by atoms with E-state index in [2.05, 4.69) is 48.5 Å². The number of esters is 4. The highest BCUT2D eigenvalue weighted by Gasteiger charge is 2.30. The predicted octanol–water partition coefficient (Wildman–Crippen LogP) is 25.7. The zero-order chi connectivity index (χ0) is 76.5. The molecule has 0 radical (unpaired) electrons. The van der Waals surface area contributed by atoms with Crippen molar-refractivity contribution in [2.75, 3.05) is 39.6 Å². The molecule has 19 heteroatoms. The molecule has 3 N–H and O–H groups in total. The van der Waals surface area contributed by atoms with Crippen LogP contribution in [0.2, 0.25) is 0 Å². The van der Waals surface area contributed by atoms with Crippen LogP contribution in [0.4, 0.5) is 0 Å². The molecule has 0 aliphatic heterocycles.